The topological polar surface area (TPSA) is 0 Å². The molecule has 92 valence electrons. The number of rotatable bonds is 2. The van der Waals surface area contributed by atoms with Crippen molar-refractivity contribution in [1.82, 2.24) is 0 Å². The molecule has 2 aromatic rings. The van der Waals surface area contributed by atoms with Crippen molar-refractivity contribution in [3.05, 3.63) is 95.4 Å². The molecule has 1 heteroatoms. The van der Waals surface area contributed by atoms with Crippen LogP contribution in [0, 0.1) is 0 Å². The molecule has 0 aliphatic carbocycles. The van der Waals surface area contributed by atoms with Crippen LogP contribution in [0.15, 0.2) is 84.3 Å². The molecule has 1 heterocycles. The van der Waals surface area contributed by atoms with Gasteiger partial charge in [-0.25, -0.2) is 0 Å². The lowest BCUT2D eigenvalue weighted by Gasteiger charge is -2.10. The molecule has 19 heavy (non-hydrogen) atoms. The fourth-order valence-corrected chi connectivity index (χ4v) is 2.99. The highest BCUT2D eigenvalue weighted by molar-refractivity contribution is 8.11. The maximum atomic E-state index is 2.19. The molecule has 3 rings (SSSR count). The second-order valence-electron chi connectivity index (χ2n) is 4.28. The monoisotopic (exact) mass is 262 g/mol. The van der Waals surface area contributed by atoms with Gasteiger partial charge in [-0.2, -0.15) is 0 Å². The van der Waals surface area contributed by atoms with E-state index in [1.54, 1.807) is 11.8 Å². The summed E-state index contributed by atoms with van der Waals surface area (Å²) in [5.74, 6) is 0. The van der Waals surface area contributed by atoms with Crippen LogP contribution in [0.25, 0.3) is 10.5 Å². The highest BCUT2D eigenvalue weighted by Crippen LogP contribution is 2.38. The van der Waals surface area contributed by atoms with Crippen molar-refractivity contribution in [2.75, 3.05) is 0 Å². The van der Waals surface area contributed by atoms with Crippen LogP contribution in [0.4, 0.5) is 0 Å². The normalized spacial score (nSPS) is 14.5. The Labute approximate surface area is 118 Å². The summed E-state index contributed by atoms with van der Waals surface area (Å²) in [5.41, 5.74) is 3.80. The molecular weight excluding hydrogens is 248 g/mol. The molecule has 0 saturated heterocycles. The van der Waals surface area contributed by atoms with Gasteiger partial charge in [0.2, 0.25) is 0 Å². The molecule has 0 nitrogen and oxygen atoms in total. The summed E-state index contributed by atoms with van der Waals surface area (Å²) in [4.78, 5) is 1.30. The lowest BCUT2D eigenvalue weighted by molar-refractivity contribution is 1.61. The third-order valence-corrected chi connectivity index (χ3v) is 3.99. The Kier molecular flexibility index (Phi) is 3.66. The van der Waals surface area contributed by atoms with E-state index in [4.69, 9.17) is 0 Å². The summed E-state index contributed by atoms with van der Waals surface area (Å²) in [7, 11) is 0. The summed E-state index contributed by atoms with van der Waals surface area (Å²) in [5, 5.41) is 2.13. The van der Waals surface area contributed by atoms with Crippen LogP contribution in [0.1, 0.15) is 11.1 Å². The average Bonchev–Trinajstić information content (AvgIpc) is 2.75. The second kappa shape index (κ2) is 5.77. The minimum atomic E-state index is 1.26. The van der Waals surface area contributed by atoms with Crippen LogP contribution in [0.3, 0.4) is 0 Å². The first-order valence-corrected chi connectivity index (χ1v) is 7.18. The van der Waals surface area contributed by atoms with Gasteiger partial charge in [0, 0.05) is 4.91 Å². The smallest absolute Gasteiger partial charge is 0.0267 e. The molecule has 1 aliphatic rings. The van der Waals surface area contributed by atoms with Gasteiger partial charge in [0.1, 0.15) is 0 Å². The van der Waals surface area contributed by atoms with Crippen molar-refractivity contribution in [1.29, 1.82) is 0 Å². The zero-order valence-electron chi connectivity index (χ0n) is 10.5. The minimum absolute atomic E-state index is 1.26. The number of thioether (sulfide) groups is 1. The van der Waals surface area contributed by atoms with Gasteiger partial charge < -0.3 is 0 Å². The molecule has 0 unspecified atom stereocenters. The molecule has 2 aromatic carbocycles. The van der Waals surface area contributed by atoms with Crippen LogP contribution in [0.5, 0.6) is 0 Å². The van der Waals surface area contributed by atoms with Gasteiger partial charge in [0.15, 0.2) is 0 Å². The van der Waals surface area contributed by atoms with Crippen LogP contribution >= 0.6 is 11.8 Å². The third kappa shape index (κ3) is 2.72. The number of allylic oxidation sites excluding steroid dienone is 4. The molecular formula is C18H14S. The van der Waals surface area contributed by atoms with Crippen molar-refractivity contribution >= 4 is 22.2 Å². The first-order valence-electron chi connectivity index (χ1n) is 6.30. The van der Waals surface area contributed by atoms with Gasteiger partial charge in [-0.1, -0.05) is 90.7 Å². The van der Waals surface area contributed by atoms with Gasteiger partial charge in [0.25, 0.3) is 0 Å². The van der Waals surface area contributed by atoms with Gasteiger partial charge >= 0.3 is 0 Å². The zero-order valence-corrected chi connectivity index (χ0v) is 11.3. The first-order chi connectivity index (χ1) is 9.45. The Balaban J connectivity index is 2.17. The first kappa shape index (κ1) is 12.1. The molecule has 1 aliphatic heterocycles. The summed E-state index contributed by atoms with van der Waals surface area (Å²) in [6, 6.07) is 21.1. The Morgan fingerprint density at radius 2 is 1.26 bits per heavy atom. The molecule has 0 spiro atoms. The number of hydrogen-bond donors (Lipinski definition) is 0. The molecule has 0 aromatic heterocycles. The fraction of sp³-hybridized carbons (Fsp3) is 0. The standard InChI is InChI=1S/C18H14S/c1-3-9-15(10-4-1)17-13-7-8-14-19-18(17)16-11-5-2-6-12-16/h1-14H. The maximum absolute atomic E-state index is 2.19. The SMILES string of the molecule is C1=CSC(c2ccccc2)=C(c2ccccc2)C=C1. The van der Waals surface area contributed by atoms with E-state index >= 15 is 0 Å². The van der Waals surface area contributed by atoms with E-state index in [0.717, 1.165) is 0 Å². The van der Waals surface area contributed by atoms with Crippen molar-refractivity contribution in [2.45, 2.75) is 0 Å². The van der Waals surface area contributed by atoms with E-state index in [1.165, 1.54) is 21.6 Å². The zero-order chi connectivity index (χ0) is 12.9. The lowest BCUT2D eigenvalue weighted by atomic mass is 10.0. The predicted molar refractivity (Wildman–Crippen MR) is 85.6 cm³/mol. The van der Waals surface area contributed by atoms with Crippen LogP contribution in [0.2, 0.25) is 0 Å². The largest absolute Gasteiger partial charge is 0.0968 e. The Hall–Kier alpha value is -1.99. The van der Waals surface area contributed by atoms with Crippen molar-refractivity contribution in [3.63, 3.8) is 0 Å². The van der Waals surface area contributed by atoms with Crippen LogP contribution in [-0.4, -0.2) is 0 Å². The molecule has 0 amide bonds. The van der Waals surface area contributed by atoms with Gasteiger partial charge in [-0.3, -0.25) is 0 Å². The Morgan fingerprint density at radius 3 is 1.95 bits per heavy atom. The van der Waals surface area contributed by atoms with Crippen LogP contribution < -0.4 is 0 Å². The maximum Gasteiger partial charge on any atom is 0.0267 e. The summed E-state index contributed by atoms with van der Waals surface area (Å²) in [6.07, 6.45) is 6.38. The number of benzene rings is 2. The molecule has 0 N–H and O–H groups in total. The summed E-state index contributed by atoms with van der Waals surface area (Å²) >= 11 is 1.78. The fourth-order valence-electron chi connectivity index (χ4n) is 2.10. The van der Waals surface area contributed by atoms with E-state index in [2.05, 4.69) is 84.3 Å². The third-order valence-electron chi connectivity index (χ3n) is 3.00. The highest BCUT2D eigenvalue weighted by atomic mass is 32.2. The molecule has 0 radical (unpaired) electrons. The second-order valence-corrected chi connectivity index (χ2v) is 5.20. The summed E-state index contributed by atoms with van der Waals surface area (Å²) in [6.45, 7) is 0. The van der Waals surface area contributed by atoms with E-state index in [1.807, 2.05) is 0 Å². The van der Waals surface area contributed by atoms with Gasteiger partial charge in [-0.05, 0) is 22.1 Å². The van der Waals surface area contributed by atoms with Crippen molar-refractivity contribution in [3.8, 4) is 0 Å². The van der Waals surface area contributed by atoms with E-state index in [-0.39, 0.29) is 0 Å². The lowest BCUT2D eigenvalue weighted by Crippen LogP contribution is -1.86. The Bertz CT molecular complexity index is 634. The summed E-state index contributed by atoms with van der Waals surface area (Å²) < 4.78 is 0. The highest BCUT2D eigenvalue weighted by Gasteiger charge is 2.10. The minimum Gasteiger partial charge on any atom is -0.0968 e. The average molecular weight is 262 g/mol. The van der Waals surface area contributed by atoms with Crippen LogP contribution in [-0.2, 0) is 0 Å². The predicted octanol–water partition coefficient (Wildman–Crippen LogP) is 5.37. The Morgan fingerprint density at radius 1 is 0.632 bits per heavy atom. The van der Waals surface area contributed by atoms with Crippen molar-refractivity contribution in [2.24, 2.45) is 0 Å². The van der Waals surface area contributed by atoms with Gasteiger partial charge in [-0.15, -0.1) is 0 Å². The quantitative estimate of drug-likeness (QED) is 0.701. The van der Waals surface area contributed by atoms with E-state index in [9.17, 15) is 0 Å². The molecule has 0 bridgehead atoms. The van der Waals surface area contributed by atoms with Gasteiger partial charge in [0.05, 0.1) is 0 Å². The number of hydrogen-bond acceptors (Lipinski definition) is 1. The van der Waals surface area contributed by atoms with E-state index in [0.29, 0.717) is 0 Å². The molecule has 0 fully saturated rings. The van der Waals surface area contributed by atoms with E-state index < -0.39 is 0 Å². The molecule has 0 saturated carbocycles. The van der Waals surface area contributed by atoms with Crippen molar-refractivity contribution < 1.29 is 0 Å². The molecule has 0 atom stereocenters.